The molecule has 1 aliphatic rings. The number of aryl methyl sites for hydroxylation is 1. The van der Waals surface area contributed by atoms with Crippen molar-refractivity contribution in [2.75, 3.05) is 6.61 Å². The lowest BCUT2D eigenvalue weighted by Crippen LogP contribution is -2.07. The lowest BCUT2D eigenvalue weighted by atomic mass is 10.1. The molecular weight excluding hydrogens is 466 g/mol. The molecule has 1 heterocycles. The molecule has 0 saturated heterocycles. The van der Waals surface area contributed by atoms with Gasteiger partial charge in [-0.1, -0.05) is 58.4 Å². The first-order valence-electron chi connectivity index (χ1n) is 10.4. The molecule has 0 fully saturated rings. The van der Waals surface area contributed by atoms with Gasteiger partial charge in [-0.15, -0.1) is 0 Å². The summed E-state index contributed by atoms with van der Waals surface area (Å²) in [6, 6.07) is 20.9. The lowest BCUT2D eigenvalue weighted by Gasteiger charge is -2.10. The SMILES string of the molecule is Cc1ccccc1OCCn1cc(C=C2C(=O)c3ccccc3C2=O)c2cc(Br)ccc21. The van der Waals surface area contributed by atoms with Crippen LogP contribution in [0.1, 0.15) is 31.8 Å². The largest absolute Gasteiger partial charge is 0.491 e. The maximum absolute atomic E-state index is 12.9. The Balaban J connectivity index is 1.49. The van der Waals surface area contributed by atoms with Gasteiger partial charge >= 0.3 is 0 Å². The number of hydrogen-bond acceptors (Lipinski definition) is 3. The standard InChI is InChI=1S/C27H20BrNO3/c1-17-6-2-5-9-25(17)32-13-12-29-16-18(22-15-19(28)10-11-24(22)29)14-23-26(30)20-7-3-4-8-21(20)27(23)31/h2-11,14-16H,12-13H2,1H3. The molecule has 0 bridgehead atoms. The van der Waals surface area contributed by atoms with Gasteiger partial charge in [-0.3, -0.25) is 9.59 Å². The summed E-state index contributed by atoms with van der Waals surface area (Å²) in [7, 11) is 0. The fraction of sp³-hybridized carbons (Fsp3) is 0.111. The van der Waals surface area contributed by atoms with Crippen LogP contribution in [0.4, 0.5) is 0 Å². The highest BCUT2D eigenvalue weighted by atomic mass is 79.9. The summed E-state index contributed by atoms with van der Waals surface area (Å²) in [5.41, 5.74) is 4.10. The zero-order valence-corrected chi connectivity index (χ0v) is 19.1. The van der Waals surface area contributed by atoms with E-state index >= 15 is 0 Å². The predicted octanol–water partition coefficient (Wildman–Crippen LogP) is 6.25. The van der Waals surface area contributed by atoms with Crippen molar-refractivity contribution < 1.29 is 14.3 Å². The van der Waals surface area contributed by atoms with E-state index in [2.05, 4.69) is 20.5 Å². The highest BCUT2D eigenvalue weighted by Crippen LogP contribution is 2.31. The Kier molecular flexibility index (Phi) is 5.27. The third-order valence-corrected chi connectivity index (χ3v) is 6.26. The molecule has 5 rings (SSSR count). The van der Waals surface area contributed by atoms with Crippen molar-refractivity contribution in [1.82, 2.24) is 4.57 Å². The van der Waals surface area contributed by atoms with Gasteiger partial charge in [0.25, 0.3) is 0 Å². The Bertz CT molecular complexity index is 1380. The van der Waals surface area contributed by atoms with Crippen LogP contribution < -0.4 is 4.74 Å². The van der Waals surface area contributed by atoms with Gasteiger partial charge in [-0.2, -0.15) is 0 Å². The Morgan fingerprint density at radius 2 is 1.62 bits per heavy atom. The number of ether oxygens (including phenoxy) is 1. The number of fused-ring (bicyclic) bond motifs is 2. The van der Waals surface area contributed by atoms with Crippen LogP contribution in [-0.2, 0) is 6.54 Å². The Morgan fingerprint density at radius 3 is 2.34 bits per heavy atom. The van der Waals surface area contributed by atoms with Crippen molar-refractivity contribution in [1.29, 1.82) is 0 Å². The normalized spacial score (nSPS) is 13.0. The van der Waals surface area contributed by atoms with Gasteiger partial charge in [0.15, 0.2) is 11.6 Å². The molecule has 4 aromatic rings. The summed E-state index contributed by atoms with van der Waals surface area (Å²) in [5, 5.41) is 0.972. The van der Waals surface area contributed by atoms with Crippen LogP contribution in [0.25, 0.3) is 17.0 Å². The average Bonchev–Trinajstić information content (AvgIpc) is 3.25. The van der Waals surface area contributed by atoms with Crippen LogP contribution in [0, 0.1) is 6.92 Å². The van der Waals surface area contributed by atoms with E-state index in [0.717, 1.165) is 32.3 Å². The first kappa shape index (κ1) is 20.5. The number of para-hydroxylation sites is 1. The van der Waals surface area contributed by atoms with Crippen LogP contribution in [0.15, 0.2) is 83.0 Å². The van der Waals surface area contributed by atoms with Crippen LogP contribution in [0.5, 0.6) is 5.75 Å². The smallest absolute Gasteiger partial charge is 0.197 e. The van der Waals surface area contributed by atoms with E-state index in [0.29, 0.717) is 24.3 Å². The predicted molar refractivity (Wildman–Crippen MR) is 129 cm³/mol. The van der Waals surface area contributed by atoms with Gasteiger partial charge < -0.3 is 9.30 Å². The highest BCUT2D eigenvalue weighted by Gasteiger charge is 2.32. The molecule has 3 aromatic carbocycles. The number of carbonyl (C=O) groups excluding carboxylic acids is 2. The van der Waals surface area contributed by atoms with Crippen molar-refractivity contribution in [2.45, 2.75) is 13.5 Å². The van der Waals surface area contributed by atoms with E-state index < -0.39 is 0 Å². The van der Waals surface area contributed by atoms with E-state index in [-0.39, 0.29) is 17.1 Å². The minimum Gasteiger partial charge on any atom is -0.491 e. The summed E-state index contributed by atoms with van der Waals surface area (Å²) < 4.78 is 9.02. The number of rotatable bonds is 5. The number of Topliss-reactive ketones (excluding diaryl/α,β-unsaturated/α-hetero) is 2. The van der Waals surface area contributed by atoms with Crippen molar-refractivity contribution in [2.24, 2.45) is 0 Å². The number of aromatic nitrogens is 1. The van der Waals surface area contributed by atoms with Crippen LogP contribution in [0.3, 0.4) is 0 Å². The number of ketones is 2. The molecule has 0 spiro atoms. The topological polar surface area (TPSA) is 48.3 Å². The quantitative estimate of drug-likeness (QED) is 0.247. The third kappa shape index (κ3) is 3.59. The number of halogens is 1. The molecular formula is C27H20BrNO3. The monoisotopic (exact) mass is 485 g/mol. The van der Waals surface area contributed by atoms with Crippen LogP contribution in [-0.4, -0.2) is 22.7 Å². The van der Waals surface area contributed by atoms with E-state index in [4.69, 9.17) is 4.74 Å². The molecule has 5 heteroatoms. The number of nitrogens with zero attached hydrogens (tertiary/aromatic N) is 1. The fourth-order valence-corrected chi connectivity index (χ4v) is 4.49. The van der Waals surface area contributed by atoms with Gasteiger partial charge in [-0.25, -0.2) is 0 Å². The summed E-state index contributed by atoms with van der Waals surface area (Å²) in [6.45, 7) is 3.16. The van der Waals surface area contributed by atoms with Gasteiger partial charge in [0.1, 0.15) is 12.4 Å². The lowest BCUT2D eigenvalue weighted by molar-refractivity contribution is 0.0990. The zero-order chi connectivity index (χ0) is 22.2. The summed E-state index contributed by atoms with van der Waals surface area (Å²) >= 11 is 3.54. The third-order valence-electron chi connectivity index (χ3n) is 5.76. The second-order valence-corrected chi connectivity index (χ2v) is 8.73. The summed E-state index contributed by atoms with van der Waals surface area (Å²) in [6.07, 6.45) is 3.70. The average molecular weight is 486 g/mol. The number of hydrogen-bond donors (Lipinski definition) is 0. The summed E-state index contributed by atoms with van der Waals surface area (Å²) in [5.74, 6) is 0.433. The minimum atomic E-state index is -0.218. The molecule has 32 heavy (non-hydrogen) atoms. The number of benzene rings is 3. The van der Waals surface area contributed by atoms with Gasteiger partial charge in [0.2, 0.25) is 0 Å². The second-order valence-electron chi connectivity index (χ2n) is 7.82. The molecule has 0 saturated carbocycles. The number of carbonyl (C=O) groups is 2. The van der Waals surface area contributed by atoms with E-state index in [9.17, 15) is 9.59 Å². The molecule has 1 aliphatic carbocycles. The van der Waals surface area contributed by atoms with Crippen molar-refractivity contribution in [3.63, 3.8) is 0 Å². The molecule has 0 radical (unpaired) electrons. The molecule has 4 nitrogen and oxygen atoms in total. The van der Waals surface area contributed by atoms with Crippen LogP contribution in [0.2, 0.25) is 0 Å². The Morgan fingerprint density at radius 1 is 0.938 bits per heavy atom. The van der Waals surface area contributed by atoms with E-state index in [1.165, 1.54) is 0 Å². The van der Waals surface area contributed by atoms with E-state index in [1.54, 1.807) is 30.3 Å². The van der Waals surface area contributed by atoms with Gasteiger partial charge in [0, 0.05) is 38.3 Å². The van der Waals surface area contributed by atoms with Crippen molar-refractivity contribution >= 4 is 44.5 Å². The molecule has 0 N–H and O–H groups in total. The zero-order valence-electron chi connectivity index (χ0n) is 17.5. The van der Waals surface area contributed by atoms with Gasteiger partial charge in [-0.05, 0) is 42.8 Å². The Hall–Kier alpha value is -3.44. The van der Waals surface area contributed by atoms with E-state index in [1.807, 2.05) is 55.6 Å². The highest BCUT2D eigenvalue weighted by molar-refractivity contribution is 9.10. The summed E-state index contributed by atoms with van der Waals surface area (Å²) in [4.78, 5) is 25.7. The van der Waals surface area contributed by atoms with Crippen LogP contribution >= 0.6 is 15.9 Å². The second kappa shape index (κ2) is 8.24. The molecule has 0 amide bonds. The molecule has 0 unspecified atom stereocenters. The fourth-order valence-electron chi connectivity index (χ4n) is 4.13. The maximum Gasteiger partial charge on any atom is 0.197 e. The number of allylic oxidation sites excluding steroid dienone is 1. The first-order valence-corrected chi connectivity index (χ1v) is 11.2. The molecule has 0 atom stereocenters. The molecule has 158 valence electrons. The van der Waals surface area contributed by atoms with Gasteiger partial charge in [0.05, 0.1) is 12.1 Å². The molecule has 1 aromatic heterocycles. The Labute approximate surface area is 194 Å². The molecule has 0 aliphatic heterocycles. The minimum absolute atomic E-state index is 0.210. The van der Waals surface area contributed by atoms with Crippen molar-refractivity contribution in [3.8, 4) is 5.75 Å². The maximum atomic E-state index is 12.9. The first-order chi connectivity index (χ1) is 15.5. The van der Waals surface area contributed by atoms with Crippen molar-refractivity contribution in [3.05, 3.63) is 105 Å².